The van der Waals surface area contributed by atoms with Crippen molar-refractivity contribution >= 4 is 0 Å². The highest BCUT2D eigenvalue weighted by molar-refractivity contribution is 4.69. The molecule has 0 saturated carbocycles. The first-order valence-corrected chi connectivity index (χ1v) is 6.39. The van der Waals surface area contributed by atoms with Gasteiger partial charge >= 0.3 is 0 Å². The number of hydrogen-bond donors (Lipinski definition) is 1. The number of nitrogens with one attached hydrogen (secondary N) is 1. The van der Waals surface area contributed by atoms with E-state index in [4.69, 9.17) is 4.74 Å². The molecule has 0 aliphatic rings. The molecule has 0 bridgehead atoms. The molecule has 1 atom stereocenters. The highest BCUT2D eigenvalue weighted by Crippen LogP contribution is 2.06. The van der Waals surface area contributed by atoms with Gasteiger partial charge in [-0.25, -0.2) is 0 Å². The minimum Gasteiger partial charge on any atom is -0.381 e. The molecule has 0 heterocycles. The third-order valence-corrected chi connectivity index (χ3v) is 2.68. The van der Waals surface area contributed by atoms with Crippen molar-refractivity contribution in [3.63, 3.8) is 0 Å². The van der Waals surface area contributed by atoms with Crippen LogP contribution < -0.4 is 5.32 Å². The van der Waals surface area contributed by atoms with Gasteiger partial charge in [0.2, 0.25) is 0 Å². The molecule has 0 spiro atoms. The summed E-state index contributed by atoms with van der Waals surface area (Å²) in [6.45, 7) is 14.0. The zero-order valence-electron chi connectivity index (χ0n) is 11.2. The maximum absolute atomic E-state index is 5.63. The monoisotopic (exact) mass is 215 g/mol. The second-order valence-electron chi connectivity index (χ2n) is 4.99. The molecular weight excluding hydrogens is 186 g/mol. The maximum atomic E-state index is 5.63. The van der Waals surface area contributed by atoms with Crippen molar-refractivity contribution in [3.8, 4) is 0 Å². The van der Waals surface area contributed by atoms with E-state index >= 15 is 0 Å². The minimum atomic E-state index is 0.606. The van der Waals surface area contributed by atoms with Crippen molar-refractivity contribution in [1.82, 2.24) is 5.32 Å². The van der Waals surface area contributed by atoms with Crippen LogP contribution in [0.3, 0.4) is 0 Å². The molecule has 0 radical (unpaired) electrons. The fourth-order valence-electron chi connectivity index (χ4n) is 1.56. The van der Waals surface area contributed by atoms with E-state index in [9.17, 15) is 0 Å². The van der Waals surface area contributed by atoms with E-state index in [-0.39, 0.29) is 0 Å². The molecule has 0 fully saturated rings. The van der Waals surface area contributed by atoms with Crippen LogP contribution in [0.15, 0.2) is 0 Å². The lowest BCUT2D eigenvalue weighted by molar-refractivity contribution is 0.110. The average molecular weight is 215 g/mol. The Morgan fingerprint density at radius 3 is 2.07 bits per heavy atom. The molecule has 0 amide bonds. The van der Waals surface area contributed by atoms with Gasteiger partial charge in [0.25, 0.3) is 0 Å². The summed E-state index contributed by atoms with van der Waals surface area (Å²) in [6.07, 6.45) is 2.30. The molecule has 0 aliphatic carbocycles. The Bertz CT molecular complexity index is 134. The van der Waals surface area contributed by atoms with Gasteiger partial charge < -0.3 is 10.1 Å². The Morgan fingerprint density at radius 2 is 1.60 bits per heavy atom. The maximum Gasteiger partial charge on any atom is 0.0480 e. The molecule has 92 valence electrons. The van der Waals surface area contributed by atoms with E-state index in [2.05, 4.69) is 39.9 Å². The highest BCUT2D eigenvalue weighted by Gasteiger charge is 2.10. The van der Waals surface area contributed by atoms with E-state index in [0.717, 1.165) is 32.1 Å². The second kappa shape index (κ2) is 9.17. The lowest BCUT2D eigenvalue weighted by Crippen LogP contribution is -2.34. The van der Waals surface area contributed by atoms with Gasteiger partial charge in [-0.15, -0.1) is 0 Å². The summed E-state index contributed by atoms with van der Waals surface area (Å²) >= 11 is 0. The fourth-order valence-corrected chi connectivity index (χ4v) is 1.56. The third kappa shape index (κ3) is 8.88. The Hall–Kier alpha value is -0.0800. The van der Waals surface area contributed by atoms with Crippen LogP contribution in [-0.4, -0.2) is 25.8 Å². The first kappa shape index (κ1) is 14.9. The first-order chi connectivity index (χ1) is 7.07. The van der Waals surface area contributed by atoms with Gasteiger partial charge in [-0.05, 0) is 31.2 Å². The van der Waals surface area contributed by atoms with Crippen LogP contribution >= 0.6 is 0 Å². The van der Waals surface area contributed by atoms with E-state index in [1.807, 2.05) is 0 Å². The van der Waals surface area contributed by atoms with Crippen molar-refractivity contribution in [2.45, 2.75) is 53.5 Å². The minimum absolute atomic E-state index is 0.606. The number of rotatable bonds is 9. The molecule has 0 aromatic heterocycles. The molecule has 0 aromatic rings. The highest BCUT2D eigenvalue weighted by atomic mass is 16.5. The predicted octanol–water partition coefficient (Wildman–Crippen LogP) is 3.07. The summed E-state index contributed by atoms with van der Waals surface area (Å²) in [6, 6.07) is 0.606. The van der Waals surface area contributed by atoms with E-state index in [1.165, 1.54) is 6.42 Å². The number of hydrogen-bond acceptors (Lipinski definition) is 2. The molecule has 1 N–H and O–H groups in total. The zero-order chi connectivity index (χ0) is 11.7. The van der Waals surface area contributed by atoms with Gasteiger partial charge in [0.05, 0.1) is 0 Å². The Balaban J connectivity index is 3.45. The van der Waals surface area contributed by atoms with E-state index in [1.54, 1.807) is 0 Å². The van der Waals surface area contributed by atoms with Crippen molar-refractivity contribution < 1.29 is 4.74 Å². The van der Waals surface area contributed by atoms with Crippen LogP contribution in [0.1, 0.15) is 47.5 Å². The largest absolute Gasteiger partial charge is 0.381 e. The quantitative estimate of drug-likeness (QED) is 0.597. The molecular formula is C13H29NO. The van der Waals surface area contributed by atoms with E-state index in [0.29, 0.717) is 12.0 Å². The molecule has 0 aromatic carbocycles. The molecule has 2 heteroatoms. The third-order valence-electron chi connectivity index (χ3n) is 2.68. The molecule has 0 saturated heterocycles. The van der Waals surface area contributed by atoms with Crippen LogP contribution in [0, 0.1) is 11.8 Å². The summed E-state index contributed by atoms with van der Waals surface area (Å²) < 4.78 is 5.63. The van der Waals surface area contributed by atoms with E-state index < -0.39 is 0 Å². The molecule has 2 nitrogen and oxygen atoms in total. The lowest BCUT2D eigenvalue weighted by atomic mass is 10.0. The van der Waals surface area contributed by atoms with Gasteiger partial charge in [0.15, 0.2) is 0 Å². The fraction of sp³-hybridized carbons (Fsp3) is 1.00. The molecule has 1 unspecified atom stereocenters. The standard InChI is InChI=1S/C13H29NO/c1-6-14-13(12(4)5)8-10-15-9-7-11(2)3/h11-14H,6-10H2,1-5H3. The second-order valence-corrected chi connectivity index (χ2v) is 4.99. The summed E-state index contributed by atoms with van der Waals surface area (Å²) in [5.41, 5.74) is 0. The molecule has 15 heavy (non-hydrogen) atoms. The first-order valence-electron chi connectivity index (χ1n) is 6.39. The van der Waals surface area contributed by atoms with Gasteiger partial charge in [-0.1, -0.05) is 34.6 Å². The van der Waals surface area contributed by atoms with Gasteiger partial charge in [-0.2, -0.15) is 0 Å². The van der Waals surface area contributed by atoms with Crippen LogP contribution in [0.25, 0.3) is 0 Å². The van der Waals surface area contributed by atoms with Gasteiger partial charge in [0.1, 0.15) is 0 Å². The van der Waals surface area contributed by atoms with Crippen LogP contribution in [0.2, 0.25) is 0 Å². The van der Waals surface area contributed by atoms with Gasteiger partial charge in [0, 0.05) is 19.3 Å². The Labute approximate surface area is 95.8 Å². The predicted molar refractivity (Wildman–Crippen MR) is 67.2 cm³/mol. The smallest absolute Gasteiger partial charge is 0.0480 e. The van der Waals surface area contributed by atoms with Gasteiger partial charge in [-0.3, -0.25) is 0 Å². The van der Waals surface area contributed by atoms with Crippen molar-refractivity contribution in [2.75, 3.05) is 19.8 Å². The van der Waals surface area contributed by atoms with Crippen molar-refractivity contribution in [1.29, 1.82) is 0 Å². The Morgan fingerprint density at radius 1 is 1.00 bits per heavy atom. The van der Waals surface area contributed by atoms with Crippen molar-refractivity contribution in [3.05, 3.63) is 0 Å². The van der Waals surface area contributed by atoms with Crippen LogP contribution in [-0.2, 0) is 4.74 Å². The summed E-state index contributed by atoms with van der Waals surface area (Å²) in [4.78, 5) is 0. The zero-order valence-corrected chi connectivity index (χ0v) is 11.2. The topological polar surface area (TPSA) is 21.3 Å². The SMILES string of the molecule is CCNC(CCOCCC(C)C)C(C)C. The molecule has 0 rings (SSSR count). The summed E-state index contributed by atoms with van der Waals surface area (Å²) in [5.74, 6) is 1.44. The van der Waals surface area contributed by atoms with Crippen LogP contribution in [0.4, 0.5) is 0 Å². The van der Waals surface area contributed by atoms with Crippen LogP contribution in [0.5, 0.6) is 0 Å². The average Bonchev–Trinajstić information content (AvgIpc) is 2.15. The normalized spacial score (nSPS) is 13.8. The summed E-state index contributed by atoms with van der Waals surface area (Å²) in [5, 5.41) is 3.50. The lowest BCUT2D eigenvalue weighted by Gasteiger charge is -2.21. The number of ether oxygens (including phenoxy) is 1. The summed E-state index contributed by atoms with van der Waals surface area (Å²) in [7, 11) is 0. The Kier molecular flexibility index (Phi) is 9.12. The molecule has 0 aliphatic heterocycles. The van der Waals surface area contributed by atoms with Crippen molar-refractivity contribution in [2.24, 2.45) is 11.8 Å².